The van der Waals surface area contributed by atoms with Crippen molar-refractivity contribution in [3.05, 3.63) is 193 Å². The van der Waals surface area contributed by atoms with Crippen molar-refractivity contribution in [1.29, 1.82) is 5.26 Å². The van der Waals surface area contributed by atoms with Crippen LogP contribution in [-0.4, -0.2) is 9.97 Å². The SMILES string of the molecule is [2H]C([2H])([2H])c1cnc(-c2[c-]ccc3c2oc2cc(-c4ccc(C#N)c(-c5ccc(-c6ccccc6)cc5)c4)ccc23)cc1C([2H])([2H])C(C)(C)C.[Ir].[c-]1ccccc1-c1ccccn1. The third-order valence-corrected chi connectivity index (χ3v) is 9.53. The summed E-state index contributed by atoms with van der Waals surface area (Å²) in [5.41, 5.74) is 9.57. The fourth-order valence-electron chi connectivity index (χ4n) is 6.82. The predicted molar refractivity (Wildman–Crippen MR) is 233 cm³/mol. The number of furan rings is 1. The van der Waals surface area contributed by atoms with Crippen molar-refractivity contribution >= 4 is 21.9 Å². The van der Waals surface area contributed by atoms with Crippen LogP contribution < -0.4 is 0 Å². The number of hydrogen-bond donors (Lipinski definition) is 0. The standard InChI is InChI=1S/C42H33N2O.C11H8N.Ir/c1-27-26-44-39(22-34(27)24-42(2,3)4)37-12-8-11-36-35-20-19-32(23-40(35)45-41(36)37)31-17-18-33(25-43)38(21-31)30-15-13-29(14-16-30)28-9-6-5-7-10-28;1-2-6-10(7-3-1)11-8-4-5-9-12-11;/h5-11,13-23,26H,24H2,1-4H3;1-6,8-9H;/q2*-1;/i1D3,24D2;;. The summed E-state index contributed by atoms with van der Waals surface area (Å²) in [5.74, 6) is 0. The second-order valence-corrected chi connectivity index (χ2v) is 14.7. The van der Waals surface area contributed by atoms with E-state index in [1.54, 1.807) is 33.0 Å². The quantitative estimate of drug-likeness (QED) is 0.156. The van der Waals surface area contributed by atoms with Gasteiger partial charge in [-0.2, -0.15) is 5.26 Å². The summed E-state index contributed by atoms with van der Waals surface area (Å²) in [6, 6.07) is 57.8. The number of aromatic nitrogens is 2. The smallest absolute Gasteiger partial charge is 0.121 e. The summed E-state index contributed by atoms with van der Waals surface area (Å²) < 4.78 is 48.6. The summed E-state index contributed by atoms with van der Waals surface area (Å²) in [7, 11) is 0. The van der Waals surface area contributed by atoms with E-state index in [2.05, 4.69) is 52.4 Å². The molecule has 0 aliphatic carbocycles. The van der Waals surface area contributed by atoms with Gasteiger partial charge in [-0.25, -0.2) is 0 Å². The third-order valence-electron chi connectivity index (χ3n) is 9.53. The fourth-order valence-corrected chi connectivity index (χ4v) is 6.82. The van der Waals surface area contributed by atoms with Gasteiger partial charge in [-0.15, -0.1) is 54.1 Å². The van der Waals surface area contributed by atoms with Gasteiger partial charge in [-0.1, -0.05) is 128 Å². The molecule has 1 radical (unpaired) electrons. The molecule has 0 amide bonds. The molecule has 285 valence electrons. The van der Waals surface area contributed by atoms with Crippen LogP contribution in [0.15, 0.2) is 168 Å². The molecule has 0 aliphatic rings. The van der Waals surface area contributed by atoms with Crippen LogP contribution in [0.5, 0.6) is 0 Å². The van der Waals surface area contributed by atoms with Crippen molar-refractivity contribution in [2.75, 3.05) is 0 Å². The minimum absolute atomic E-state index is 0. The normalized spacial score (nSPS) is 12.8. The minimum atomic E-state index is -2.54. The van der Waals surface area contributed by atoms with Crippen LogP contribution in [0, 0.1) is 35.7 Å². The first-order valence-corrected chi connectivity index (χ1v) is 18.7. The molecule has 0 aliphatic heterocycles. The van der Waals surface area contributed by atoms with Crippen molar-refractivity contribution in [3.8, 4) is 62.0 Å². The van der Waals surface area contributed by atoms with Crippen LogP contribution in [0.3, 0.4) is 0 Å². The molecule has 4 nitrogen and oxygen atoms in total. The monoisotopic (exact) mass is 933 g/mol. The van der Waals surface area contributed by atoms with Gasteiger partial charge in [0.15, 0.2) is 0 Å². The molecule has 5 heteroatoms. The molecule has 0 saturated heterocycles. The third kappa shape index (κ3) is 8.75. The van der Waals surface area contributed by atoms with Crippen molar-refractivity contribution in [1.82, 2.24) is 9.97 Å². The molecular formula is C53H41IrN3O-2. The molecule has 0 fully saturated rings. The minimum Gasteiger partial charge on any atom is -0.501 e. The zero-order valence-corrected chi connectivity index (χ0v) is 34.6. The topological polar surface area (TPSA) is 62.7 Å². The van der Waals surface area contributed by atoms with Gasteiger partial charge in [0.25, 0.3) is 0 Å². The summed E-state index contributed by atoms with van der Waals surface area (Å²) >= 11 is 0. The van der Waals surface area contributed by atoms with E-state index in [1.165, 1.54) is 12.3 Å². The number of nitriles is 1. The maximum Gasteiger partial charge on any atom is 0.121 e. The van der Waals surface area contributed by atoms with Gasteiger partial charge < -0.3 is 14.4 Å². The van der Waals surface area contributed by atoms with Crippen LogP contribution in [0.2, 0.25) is 0 Å². The van der Waals surface area contributed by atoms with Gasteiger partial charge in [0.1, 0.15) is 5.58 Å². The van der Waals surface area contributed by atoms with E-state index in [9.17, 15) is 5.26 Å². The maximum atomic E-state index is 9.95. The van der Waals surface area contributed by atoms with Crippen LogP contribution in [0.25, 0.3) is 77.8 Å². The first-order chi connectivity index (χ1) is 29.7. The number of pyridine rings is 2. The fraction of sp³-hybridized carbons (Fsp3) is 0.113. The molecule has 0 N–H and O–H groups in total. The van der Waals surface area contributed by atoms with Crippen molar-refractivity contribution in [2.45, 2.75) is 34.0 Å². The van der Waals surface area contributed by atoms with E-state index in [-0.39, 0.29) is 31.2 Å². The molecular weight excluding hydrogens is 887 g/mol. The summed E-state index contributed by atoms with van der Waals surface area (Å²) in [6.45, 7) is 2.71. The molecule has 0 spiro atoms. The molecule has 0 atom stereocenters. The van der Waals surface area contributed by atoms with Gasteiger partial charge in [0.2, 0.25) is 0 Å². The van der Waals surface area contributed by atoms with Gasteiger partial charge in [-0.05, 0) is 87.7 Å². The Hall–Kier alpha value is -6.44. The second-order valence-electron chi connectivity index (χ2n) is 14.7. The Kier molecular flexibility index (Phi) is 10.1. The molecule has 0 unspecified atom stereocenters. The number of aryl methyl sites for hydroxylation is 1. The van der Waals surface area contributed by atoms with E-state index < -0.39 is 18.6 Å². The molecule has 0 saturated carbocycles. The number of fused-ring (bicyclic) bond motifs is 3. The van der Waals surface area contributed by atoms with E-state index >= 15 is 0 Å². The average molecular weight is 933 g/mol. The number of nitrogens with zero attached hydrogens (tertiary/aromatic N) is 3. The summed E-state index contributed by atoms with van der Waals surface area (Å²) in [4.78, 5) is 8.71. The number of hydrogen-bond acceptors (Lipinski definition) is 4. The van der Waals surface area contributed by atoms with Crippen LogP contribution in [-0.2, 0) is 26.5 Å². The Morgan fingerprint density at radius 3 is 2.14 bits per heavy atom. The summed E-state index contributed by atoms with van der Waals surface area (Å²) in [5, 5.41) is 11.7. The molecule has 9 rings (SSSR count). The van der Waals surface area contributed by atoms with Gasteiger partial charge in [-0.3, -0.25) is 0 Å². The molecule has 9 aromatic rings. The van der Waals surface area contributed by atoms with E-state index in [0.717, 1.165) is 55.4 Å². The molecule has 6 aromatic carbocycles. The Labute approximate surface area is 361 Å². The first kappa shape index (κ1) is 33.7. The van der Waals surface area contributed by atoms with Crippen LogP contribution in [0.4, 0.5) is 0 Å². The Morgan fingerprint density at radius 1 is 0.690 bits per heavy atom. The van der Waals surface area contributed by atoms with Crippen molar-refractivity contribution < 1.29 is 31.4 Å². The van der Waals surface area contributed by atoms with E-state index in [1.807, 2.05) is 115 Å². The first-order valence-electron chi connectivity index (χ1n) is 21.2. The van der Waals surface area contributed by atoms with Crippen LogP contribution in [0.1, 0.15) is 44.3 Å². The molecule has 58 heavy (non-hydrogen) atoms. The Morgan fingerprint density at radius 2 is 1.41 bits per heavy atom. The summed E-state index contributed by atoms with van der Waals surface area (Å²) in [6.07, 6.45) is 1.08. The van der Waals surface area contributed by atoms with Gasteiger partial charge >= 0.3 is 0 Å². The maximum absolute atomic E-state index is 9.95. The number of rotatable bonds is 6. The zero-order valence-electron chi connectivity index (χ0n) is 37.2. The Balaban J connectivity index is 0.000000394. The van der Waals surface area contributed by atoms with E-state index in [4.69, 9.17) is 11.3 Å². The molecule has 0 bridgehead atoms. The largest absolute Gasteiger partial charge is 0.501 e. The van der Waals surface area contributed by atoms with Crippen molar-refractivity contribution in [2.24, 2.45) is 5.41 Å². The number of benzene rings is 6. The Bertz CT molecular complexity index is 3030. The van der Waals surface area contributed by atoms with Gasteiger partial charge in [0, 0.05) is 50.3 Å². The zero-order chi connectivity index (χ0) is 43.6. The van der Waals surface area contributed by atoms with Crippen molar-refractivity contribution in [3.63, 3.8) is 0 Å². The van der Waals surface area contributed by atoms with E-state index in [0.29, 0.717) is 28.0 Å². The van der Waals surface area contributed by atoms with Crippen LogP contribution >= 0.6 is 0 Å². The molecule has 3 aromatic heterocycles. The second kappa shape index (κ2) is 17.4. The average Bonchev–Trinajstić information content (AvgIpc) is 3.67. The molecule has 3 heterocycles. The van der Waals surface area contributed by atoms with Gasteiger partial charge in [0.05, 0.1) is 17.2 Å². The predicted octanol–water partition coefficient (Wildman–Crippen LogP) is 13.8.